The van der Waals surface area contributed by atoms with Gasteiger partial charge in [0.05, 0.1) is 6.61 Å². The molecule has 0 aliphatic heterocycles. The van der Waals surface area contributed by atoms with E-state index in [1.807, 2.05) is 56.3 Å². The van der Waals surface area contributed by atoms with Crippen LogP contribution in [0.4, 0.5) is 0 Å². The van der Waals surface area contributed by atoms with Crippen LogP contribution < -0.4 is 9.47 Å². The summed E-state index contributed by atoms with van der Waals surface area (Å²) in [7, 11) is 0. The Labute approximate surface area is 124 Å². The minimum Gasteiger partial charge on any atom is -0.493 e. The molecule has 2 aromatic carbocycles. The van der Waals surface area contributed by atoms with Gasteiger partial charge in [0.15, 0.2) is 0 Å². The van der Waals surface area contributed by atoms with Gasteiger partial charge in [0.25, 0.3) is 0 Å². The highest BCUT2D eigenvalue weighted by Crippen LogP contribution is 2.19. The van der Waals surface area contributed by atoms with Gasteiger partial charge in [-0.25, -0.2) is 4.79 Å². The molecule has 0 N–H and O–H groups in total. The lowest BCUT2D eigenvalue weighted by atomic mass is 10.2. The summed E-state index contributed by atoms with van der Waals surface area (Å²) in [4.78, 5) is 11.8. The monoisotopic (exact) mass is 282 g/mol. The Morgan fingerprint density at radius 1 is 1.14 bits per heavy atom. The van der Waals surface area contributed by atoms with Crippen LogP contribution in [0.15, 0.2) is 54.6 Å². The van der Waals surface area contributed by atoms with E-state index in [4.69, 9.17) is 9.47 Å². The number of esters is 1. The van der Waals surface area contributed by atoms with E-state index in [9.17, 15) is 4.79 Å². The maximum atomic E-state index is 11.8. The van der Waals surface area contributed by atoms with Crippen LogP contribution >= 0.6 is 0 Å². The Bertz CT molecular complexity index is 644. The molecule has 2 aromatic rings. The fourth-order valence-corrected chi connectivity index (χ4v) is 1.89. The number of aryl methyl sites for hydroxylation is 1. The van der Waals surface area contributed by atoms with Gasteiger partial charge in [-0.3, -0.25) is 0 Å². The second-order valence-corrected chi connectivity index (χ2v) is 4.54. The Morgan fingerprint density at radius 2 is 1.95 bits per heavy atom. The summed E-state index contributed by atoms with van der Waals surface area (Å²) in [5, 5.41) is 0. The highest BCUT2D eigenvalue weighted by Gasteiger charge is 2.02. The van der Waals surface area contributed by atoms with E-state index < -0.39 is 5.97 Å². The smallest absolute Gasteiger partial charge is 0.336 e. The summed E-state index contributed by atoms with van der Waals surface area (Å²) in [5.41, 5.74) is 1.89. The first-order valence-electron chi connectivity index (χ1n) is 6.87. The Kier molecular flexibility index (Phi) is 5.16. The predicted molar refractivity (Wildman–Crippen MR) is 83.5 cm³/mol. The molecule has 0 unspecified atom stereocenters. The maximum Gasteiger partial charge on any atom is 0.336 e. The molecule has 2 rings (SSSR count). The Balaban J connectivity index is 2.05. The van der Waals surface area contributed by atoms with Crippen molar-refractivity contribution in [1.82, 2.24) is 0 Å². The van der Waals surface area contributed by atoms with E-state index in [-0.39, 0.29) is 0 Å². The molecule has 21 heavy (non-hydrogen) atoms. The second-order valence-electron chi connectivity index (χ2n) is 4.54. The Hall–Kier alpha value is -2.55. The lowest BCUT2D eigenvalue weighted by molar-refractivity contribution is -0.128. The lowest BCUT2D eigenvalue weighted by Gasteiger charge is -2.06. The van der Waals surface area contributed by atoms with E-state index in [2.05, 4.69) is 0 Å². The zero-order chi connectivity index (χ0) is 15.1. The maximum absolute atomic E-state index is 11.8. The van der Waals surface area contributed by atoms with Crippen molar-refractivity contribution in [2.45, 2.75) is 13.8 Å². The molecule has 0 aliphatic carbocycles. The highest BCUT2D eigenvalue weighted by molar-refractivity contribution is 5.89. The third-order valence-electron chi connectivity index (χ3n) is 2.83. The standard InChI is InChI=1S/C18H18O3/c1-3-20-17-10-5-4-8-15(17)11-12-18(19)21-16-9-6-7-14(2)13-16/h4-13H,3H2,1-2H3/b12-11+. The van der Waals surface area contributed by atoms with Crippen LogP contribution in [0.3, 0.4) is 0 Å². The molecule has 0 saturated heterocycles. The number of para-hydroxylation sites is 1. The molecule has 0 bridgehead atoms. The molecule has 3 nitrogen and oxygen atoms in total. The van der Waals surface area contributed by atoms with Crippen molar-refractivity contribution in [2.24, 2.45) is 0 Å². The van der Waals surface area contributed by atoms with Crippen molar-refractivity contribution in [1.29, 1.82) is 0 Å². The number of benzene rings is 2. The van der Waals surface area contributed by atoms with E-state index in [1.54, 1.807) is 12.1 Å². The van der Waals surface area contributed by atoms with Crippen LogP contribution in [0.2, 0.25) is 0 Å². The van der Waals surface area contributed by atoms with Gasteiger partial charge in [-0.15, -0.1) is 0 Å². The van der Waals surface area contributed by atoms with Crippen LogP contribution in [-0.2, 0) is 4.79 Å². The second kappa shape index (κ2) is 7.29. The molecule has 0 heterocycles. The number of carbonyl (C=O) groups is 1. The molecule has 3 heteroatoms. The van der Waals surface area contributed by atoms with Gasteiger partial charge < -0.3 is 9.47 Å². The van der Waals surface area contributed by atoms with E-state index in [1.165, 1.54) is 6.08 Å². The zero-order valence-corrected chi connectivity index (χ0v) is 12.2. The molecular formula is C18H18O3. The van der Waals surface area contributed by atoms with Crippen molar-refractivity contribution in [3.05, 3.63) is 65.7 Å². The first kappa shape index (κ1) is 14.9. The highest BCUT2D eigenvalue weighted by atomic mass is 16.5. The van der Waals surface area contributed by atoms with E-state index in [0.29, 0.717) is 12.4 Å². The summed E-state index contributed by atoms with van der Waals surface area (Å²) in [6, 6.07) is 14.9. The molecule has 0 fully saturated rings. The van der Waals surface area contributed by atoms with Gasteiger partial charge in [0, 0.05) is 11.6 Å². The van der Waals surface area contributed by atoms with E-state index >= 15 is 0 Å². The topological polar surface area (TPSA) is 35.5 Å². The van der Waals surface area contributed by atoms with Crippen LogP contribution in [-0.4, -0.2) is 12.6 Å². The number of hydrogen-bond acceptors (Lipinski definition) is 3. The van der Waals surface area contributed by atoms with Crippen LogP contribution in [0, 0.1) is 6.92 Å². The minimum absolute atomic E-state index is 0.410. The summed E-state index contributed by atoms with van der Waals surface area (Å²) < 4.78 is 10.8. The largest absolute Gasteiger partial charge is 0.493 e. The number of carbonyl (C=O) groups excluding carboxylic acids is 1. The molecule has 0 spiro atoms. The van der Waals surface area contributed by atoms with Gasteiger partial charge in [-0.1, -0.05) is 30.3 Å². The molecule has 0 amide bonds. The fourth-order valence-electron chi connectivity index (χ4n) is 1.89. The first-order valence-corrected chi connectivity index (χ1v) is 6.87. The van der Waals surface area contributed by atoms with Crippen LogP contribution in [0.5, 0.6) is 11.5 Å². The third kappa shape index (κ3) is 4.49. The predicted octanol–water partition coefficient (Wildman–Crippen LogP) is 4.01. The average molecular weight is 282 g/mol. The number of hydrogen-bond donors (Lipinski definition) is 0. The van der Waals surface area contributed by atoms with Gasteiger partial charge >= 0.3 is 5.97 Å². The molecule has 108 valence electrons. The fraction of sp³-hybridized carbons (Fsp3) is 0.167. The number of ether oxygens (including phenoxy) is 2. The zero-order valence-electron chi connectivity index (χ0n) is 12.2. The van der Waals surface area contributed by atoms with Crippen molar-refractivity contribution in [3.8, 4) is 11.5 Å². The normalized spacial score (nSPS) is 10.6. The first-order chi connectivity index (χ1) is 10.2. The summed E-state index contributed by atoms with van der Waals surface area (Å²) in [6.45, 7) is 4.45. The van der Waals surface area contributed by atoms with Gasteiger partial charge in [0.1, 0.15) is 11.5 Å². The van der Waals surface area contributed by atoms with Gasteiger partial charge in [-0.05, 0) is 43.7 Å². The average Bonchev–Trinajstić information content (AvgIpc) is 2.47. The van der Waals surface area contributed by atoms with Gasteiger partial charge in [0.2, 0.25) is 0 Å². The van der Waals surface area contributed by atoms with Gasteiger partial charge in [-0.2, -0.15) is 0 Å². The molecule has 0 atom stereocenters. The molecule has 0 saturated carbocycles. The summed E-state index contributed by atoms with van der Waals surface area (Å²) in [6.07, 6.45) is 3.10. The lowest BCUT2D eigenvalue weighted by Crippen LogP contribution is -2.03. The molecule has 0 aromatic heterocycles. The van der Waals surface area contributed by atoms with Crippen molar-refractivity contribution < 1.29 is 14.3 Å². The molecule has 0 radical (unpaired) electrons. The number of rotatable bonds is 5. The molecular weight excluding hydrogens is 264 g/mol. The summed E-state index contributed by atoms with van der Waals surface area (Å²) in [5.74, 6) is 0.884. The molecule has 0 aliphatic rings. The van der Waals surface area contributed by atoms with Crippen LogP contribution in [0.25, 0.3) is 6.08 Å². The minimum atomic E-state index is -0.410. The van der Waals surface area contributed by atoms with Crippen molar-refractivity contribution >= 4 is 12.0 Å². The van der Waals surface area contributed by atoms with Crippen molar-refractivity contribution in [3.63, 3.8) is 0 Å². The third-order valence-corrected chi connectivity index (χ3v) is 2.83. The summed E-state index contributed by atoms with van der Waals surface area (Å²) >= 11 is 0. The van der Waals surface area contributed by atoms with Crippen LogP contribution in [0.1, 0.15) is 18.1 Å². The SMILES string of the molecule is CCOc1ccccc1/C=C/C(=O)Oc1cccc(C)c1. The Morgan fingerprint density at radius 3 is 2.71 bits per heavy atom. The van der Waals surface area contributed by atoms with Crippen molar-refractivity contribution in [2.75, 3.05) is 6.61 Å². The van der Waals surface area contributed by atoms with E-state index in [0.717, 1.165) is 16.9 Å². The quantitative estimate of drug-likeness (QED) is 0.472.